The molecule has 20 heavy (non-hydrogen) atoms. The van der Waals surface area contributed by atoms with Gasteiger partial charge >= 0.3 is 0 Å². The van der Waals surface area contributed by atoms with E-state index in [9.17, 15) is 0 Å². The van der Waals surface area contributed by atoms with Gasteiger partial charge in [0.25, 0.3) is 0 Å². The van der Waals surface area contributed by atoms with Crippen LogP contribution >= 0.6 is 11.3 Å². The molecule has 0 aromatic carbocycles. The lowest BCUT2D eigenvalue weighted by molar-refractivity contribution is 0.256. The van der Waals surface area contributed by atoms with Gasteiger partial charge in [-0.3, -0.25) is 0 Å². The number of rotatable bonds is 3. The molecule has 0 bridgehead atoms. The molecule has 0 atom stereocenters. The first-order chi connectivity index (χ1) is 9.66. The Morgan fingerprint density at radius 2 is 2.00 bits per heavy atom. The predicted octanol–water partition coefficient (Wildman–Crippen LogP) is 2.93. The second-order valence-corrected chi connectivity index (χ2v) is 6.59. The van der Waals surface area contributed by atoms with Crippen molar-refractivity contribution in [2.45, 2.75) is 57.4 Å². The van der Waals surface area contributed by atoms with Crippen LogP contribution in [-0.2, 0) is 12.0 Å². The van der Waals surface area contributed by atoms with Crippen LogP contribution in [0, 0.1) is 6.92 Å². The maximum atomic E-state index is 6.48. The fourth-order valence-electron chi connectivity index (χ4n) is 2.72. The topological polar surface area (TPSA) is 77.8 Å². The van der Waals surface area contributed by atoms with Crippen LogP contribution in [0.2, 0.25) is 0 Å². The first-order valence-corrected chi connectivity index (χ1v) is 8.07. The molecule has 2 aromatic rings. The molecular weight excluding hydrogens is 272 g/mol. The molecule has 0 spiro atoms. The molecule has 3 rings (SSSR count). The zero-order valence-corrected chi connectivity index (χ0v) is 12.6. The molecule has 0 radical (unpaired) electrons. The van der Waals surface area contributed by atoms with E-state index in [4.69, 9.17) is 10.3 Å². The normalized spacial score (nSPS) is 18.9. The fraction of sp³-hybridized carbons (Fsp3) is 0.643. The maximum absolute atomic E-state index is 6.48. The minimum Gasteiger partial charge on any atom is -0.337 e. The first kappa shape index (κ1) is 13.7. The van der Waals surface area contributed by atoms with Crippen molar-refractivity contribution in [2.24, 2.45) is 5.73 Å². The van der Waals surface area contributed by atoms with Crippen LogP contribution in [0.4, 0.5) is 0 Å². The van der Waals surface area contributed by atoms with E-state index in [1.807, 2.05) is 12.3 Å². The summed E-state index contributed by atoms with van der Waals surface area (Å²) < 4.78 is 5.43. The molecule has 0 unspecified atom stereocenters. The number of hydrogen-bond donors (Lipinski definition) is 1. The number of nitrogens with two attached hydrogens (primary N) is 1. The van der Waals surface area contributed by atoms with Crippen LogP contribution < -0.4 is 5.73 Å². The van der Waals surface area contributed by atoms with E-state index >= 15 is 0 Å². The number of aromatic nitrogens is 3. The highest BCUT2D eigenvalue weighted by molar-refractivity contribution is 7.09. The molecular formula is C14H20N4OS. The molecule has 5 nitrogen and oxygen atoms in total. The lowest BCUT2D eigenvalue weighted by Crippen LogP contribution is -2.36. The van der Waals surface area contributed by atoms with Crippen molar-refractivity contribution in [1.29, 1.82) is 0 Å². The highest BCUT2D eigenvalue weighted by Crippen LogP contribution is 2.32. The summed E-state index contributed by atoms with van der Waals surface area (Å²) in [6.07, 6.45) is 7.27. The van der Waals surface area contributed by atoms with Crippen LogP contribution in [-0.4, -0.2) is 15.1 Å². The third-order valence-electron chi connectivity index (χ3n) is 3.87. The summed E-state index contributed by atoms with van der Waals surface area (Å²) in [6, 6.07) is 0. The van der Waals surface area contributed by atoms with E-state index in [-0.39, 0.29) is 0 Å². The molecule has 1 aliphatic carbocycles. The van der Waals surface area contributed by atoms with Gasteiger partial charge in [-0.25, -0.2) is 4.98 Å². The van der Waals surface area contributed by atoms with Gasteiger partial charge in [-0.1, -0.05) is 30.8 Å². The van der Waals surface area contributed by atoms with Gasteiger partial charge < -0.3 is 10.3 Å². The van der Waals surface area contributed by atoms with Crippen molar-refractivity contribution in [3.63, 3.8) is 0 Å². The second-order valence-electron chi connectivity index (χ2n) is 5.65. The molecule has 2 heterocycles. The Labute approximate surface area is 122 Å². The average Bonchev–Trinajstić information content (AvgIpc) is 2.98. The third kappa shape index (κ3) is 2.91. The minimum atomic E-state index is -0.430. The molecule has 1 saturated carbocycles. The molecule has 108 valence electrons. The van der Waals surface area contributed by atoms with Crippen molar-refractivity contribution in [3.8, 4) is 0 Å². The maximum Gasteiger partial charge on any atom is 0.246 e. The molecule has 1 aliphatic rings. The van der Waals surface area contributed by atoms with Crippen LogP contribution in [0.15, 0.2) is 9.90 Å². The SMILES string of the molecule is Cc1csc(Cc2noc(C3(N)CCCCCC3)n2)n1. The Kier molecular flexibility index (Phi) is 3.85. The van der Waals surface area contributed by atoms with Crippen LogP contribution in [0.3, 0.4) is 0 Å². The van der Waals surface area contributed by atoms with Crippen molar-refractivity contribution < 1.29 is 4.52 Å². The van der Waals surface area contributed by atoms with Crippen LogP contribution in [0.25, 0.3) is 0 Å². The zero-order valence-electron chi connectivity index (χ0n) is 11.8. The predicted molar refractivity (Wildman–Crippen MR) is 77.5 cm³/mol. The Bertz CT molecular complexity index is 569. The molecule has 0 amide bonds. The highest BCUT2D eigenvalue weighted by Gasteiger charge is 2.34. The summed E-state index contributed by atoms with van der Waals surface area (Å²) in [5.74, 6) is 1.28. The van der Waals surface area contributed by atoms with Gasteiger partial charge in [-0.05, 0) is 19.8 Å². The quantitative estimate of drug-likeness (QED) is 0.880. The summed E-state index contributed by atoms with van der Waals surface area (Å²) in [7, 11) is 0. The number of thiazole rings is 1. The third-order valence-corrected chi connectivity index (χ3v) is 4.83. The summed E-state index contributed by atoms with van der Waals surface area (Å²) in [5, 5.41) is 7.12. The van der Waals surface area contributed by atoms with Crippen molar-refractivity contribution in [3.05, 3.63) is 27.8 Å². The lowest BCUT2D eigenvalue weighted by atomic mass is 9.91. The average molecular weight is 292 g/mol. The van der Waals surface area contributed by atoms with Crippen molar-refractivity contribution in [1.82, 2.24) is 15.1 Å². The largest absolute Gasteiger partial charge is 0.337 e. The van der Waals surface area contributed by atoms with Gasteiger partial charge in [0.2, 0.25) is 5.89 Å². The van der Waals surface area contributed by atoms with E-state index in [2.05, 4.69) is 15.1 Å². The standard InChI is InChI=1S/C14H20N4OS/c1-10-9-20-12(16-10)8-11-17-13(19-18-11)14(15)6-4-2-3-5-7-14/h9H,2-8,15H2,1H3. The summed E-state index contributed by atoms with van der Waals surface area (Å²) in [5.41, 5.74) is 7.09. The molecule has 6 heteroatoms. The van der Waals surface area contributed by atoms with Crippen molar-refractivity contribution >= 4 is 11.3 Å². The summed E-state index contributed by atoms with van der Waals surface area (Å²) in [4.78, 5) is 8.94. The van der Waals surface area contributed by atoms with Crippen molar-refractivity contribution in [2.75, 3.05) is 0 Å². The molecule has 2 N–H and O–H groups in total. The molecule has 0 saturated heterocycles. The van der Waals surface area contributed by atoms with E-state index in [1.165, 1.54) is 12.8 Å². The van der Waals surface area contributed by atoms with Gasteiger partial charge in [0.1, 0.15) is 5.01 Å². The van der Waals surface area contributed by atoms with E-state index in [0.717, 1.165) is 36.4 Å². The number of nitrogens with zero attached hydrogens (tertiary/aromatic N) is 3. The fourth-order valence-corrected chi connectivity index (χ4v) is 3.49. The zero-order chi connectivity index (χ0) is 14.0. The van der Waals surface area contributed by atoms with Crippen LogP contribution in [0.1, 0.15) is 60.9 Å². The molecule has 1 fully saturated rings. The Morgan fingerprint density at radius 3 is 2.65 bits per heavy atom. The van der Waals surface area contributed by atoms with E-state index in [1.54, 1.807) is 11.3 Å². The van der Waals surface area contributed by atoms with Gasteiger partial charge in [0, 0.05) is 11.1 Å². The number of aryl methyl sites for hydroxylation is 1. The smallest absolute Gasteiger partial charge is 0.246 e. The minimum absolute atomic E-state index is 0.430. The summed E-state index contributed by atoms with van der Waals surface area (Å²) in [6.45, 7) is 1.99. The Hall–Kier alpha value is -1.27. The first-order valence-electron chi connectivity index (χ1n) is 7.19. The van der Waals surface area contributed by atoms with Gasteiger partial charge in [0.05, 0.1) is 12.0 Å². The van der Waals surface area contributed by atoms with Gasteiger partial charge in [-0.15, -0.1) is 11.3 Å². The van der Waals surface area contributed by atoms with E-state index in [0.29, 0.717) is 18.1 Å². The molecule has 2 aromatic heterocycles. The van der Waals surface area contributed by atoms with Gasteiger partial charge in [0.15, 0.2) is 5.82 Å². The lowest BCUT2D eigenvalue weighted by Gasteiger charge is -2.22. The highest BCUT2D eigenvalue weighted by atomic mass is 32.1. The Morgan fingerprint density at radius 1 is 1.25 bits per heavy atom. The Balaban J connectivity index is 1.75. The number of hydrogen-bond acceptors (Lipinski definition) is 6. The van der Waals surface area contributed by atoms with E-state index < -0.39 is 5.54 Å². The second kappa shape index (κ2) is 5.61. The molecule has 0 aliphatic heterocycles. The van der Waals surface area contributed by atoms with Gasteiger partial charge in [-0.2, -0.15) is 4.98 Å². The monoisotopic (exact) mass is 292 g/mol. The van der Waals surface area contributed by atoms with Crippen LogP contribution in [0.5, 0.6) is 0 Å². The summed E-state index contributed by atoms with van der Waals surface area (Å²) >= 11 is 1.63.